The minimum absolute atomic E-state index is 0.674. The summed E-state index contributed by atoms with van der Waals surface area (Å²) in [4.78, 5) is 6.44. The van der Waals surface area contributed by atoms with Crippen molar-refractivity contribution >= 4 is 0 Å². The van der Waals surface area contributed by atoms with E-state index in [9.17, 15) is 0 Å². The van der Waals surface area contributed by atoms with Gasteiger partial charge in [0.15, 0.2) is 5.75 Å². The van der Waals surface area contributed by atoms with Crippen molar-refractivity contribution in [1.82, 2.24) is 0 Å². The first-order valence-corrected chi connectivity index (χ1v) is 8.52. The summed E-state index contributed by atoms with van der Waals surface area (Å²) in [5, 5.41) is 0. The van der Waals surface area contributed by atoms with Crippen LogP contribution in [0.25, 0.3) is 11.1 Å². The molecule has 0 aliphatic carbocycles. The Kier molecular flexibility index (Phi) is 4.99. The van der Waals surface area contributed by atoms with Crippen LogP contribution < -0.4 is 4.84 Å². The summed E-state index contributed by atoms with van der Waals surface area (Å²) in [6, 6.07) is 16.9. The van der Waals surface area contributed by atoms with E-state index in [0.717, 1.165) is 45.0 Å². The van der Waals surface area contributed by atoms with E-state index >= 15 is 0 Å². The molecular weight excluding hydrogens is 286 g/mol. The number of benzene rings is 2. The highest BCUT2D eigenvalue weighted by Crippen LogP contribution is 2.28. The second-order valence-corrected chi connectivity index (χ2v) is 6.28. The first-order valence-electron chi connectivity index (χ1n) is 8.52. The molecular formula is C20H26NO2+. The van der Waals surface area contributed by atoms with Gasteiger partial charge in [0.2, 0.25) is 0 Å². The highest BCUT2D eigenvalue weighted by atomic mass is 16.7. The Labute approximate surface area is 139 Å². The first kappa shape index (κ1) is 16.0. The quantitative estimate of drug-likeness (QED) is 0.770. The zero-order chi connectivity index (χ0) is 16.1. The van der Waals surface area contributed by atoms with E-state index in [2.05, 4.69) is 62.4 Å². The molecule has 0 radical (unpaired) electrons. The van der Waals surface area contributed by atoms with Gasteiger partial charge in [-0.1, -0.05) is 43.3 Å². The molecule has 0 unspecified atom stereocenters. The van der Waals surface area contributed by atoms with Gasteiger partial charge in [0, 0.05) is 0 Å². The van der Waals surface area contributed by atoms with Crippen LogP contribution in [0.3, 0.4) is 0 Å². The SMILES string of the molecule is CCC[N+]1(Oc2cccc(-c3ccccc3C)c2)CCOCC1. The normalized spacial score (nSPS) is 17.0. The van der Waals surface area contributed by atoms with Crippen molar-refractivity contribution < 1.29 is 14.2 Å². The molecule has 0 spiro atoms. The molecule has 0 N–H and O–H groups in total. The molecule has 3 nitrogen and oxygen atoms in total. The van der Waals surface area contributed by atoms with E-state index in [4.69, 9.17) is 9.57 Å². The van der Waals surface area contributed by atoms with Gasteiger partial charge in [0.25, 0.3) is 0 Å². The summed E-state index contributed by atoms with van der Waals surface area (Å²) < 4.78 is 6.20. The number of hydroxylamine groups is 3. The third-order valence-corrected chi connectivity index (χ3v) is 4.51. The molecule has 2 aromatic rings. The van der Waals surface area contributed by atoms with E-state index in [1.165, 1.54) is 16.7 Å². The topological polar surface area (TPSA) is 18.5 Å². The Balaban J connectivity index is 1.86. The molecule has 1 saturated heterocycles. The van der Waals surface area contributed by atoms with E-state index in [1.807, 2.05) is 0 Å². The standard InChI is InChI=1S/C20H26NO2/c1-3-11-21(12-14-22-15-13-21)23-19-9-6-8-18(16-19)20-10-5-4-7-17(20)2/h4-10,16H,3,11-15H2,1-2H3/q+1. The van der Waals surface area contributed by atoms with Gasteiger partial charge >= 0.3 is 0 Å². The zero-order valence-corrected chi connectivity index (χ0v) is 14.1. The molecule has 0 atom stereocenters. The third kappa shape index (κ3) is 3.74. The molecule has 1 aliphatic rings. The lowest BCUT2D eigenvalue weighted by Gasteiger charge is -2.38. The van der Waals surface area contributed by atoms with Crippen LogP contribution in [0.15, 0.2) is 48.5 Å². The monoisotopic (exact) mass is 312 g/mol. The molecule has 0 saturated carbocycles. The molecule has 3 rings (SSSR count). The van der Waals surface area contributed by atoms with Crippen LogP contribution in [0.1, 0.15) is 18.9 Å². The number of rotatable bonds is 5. The fourth-order valence-corrected chi connectivity index (χ4v) is 3.28. The minimum atomic E-state index is 0.674. The van der Waals surface area contributed by atoms with Crippen molar-refractivity contribution in [3.8, 4) is 16.9 Å². The average molecular weight is 312 g/mol. The van der Waals surface area contributed by atoms with Crippen LogP contribution in [0.5, 0.6) is 5.75 Å². The number of morpholine rings is 1. The van der Waals surface area contributed by atoms with Crippen molar-refractivity contribution in [3.05, 3.63) is 54.1 Å². The number of nitrogens with zero attached hydrogens (tertiary/aromatic N) is 1. The number of aryl methyl sites for hydroxylation is 1. The van der Waals surface area contributed by atoms with Crippen molar-refractivity contribution in [2.24, 2.45) is 0 Å². The summed E-state index contributed by atoms with van der Waals surface area (Å²) in [6.45, 7) is 8.77. The van der Waals surface area contributed by atoms with Crippen LogP contribution in [0.4, 0.5) is 0 Å². The van der Waals surface area contributed by atoms with Gasteiger partial charge in [-0.15, -0.1) is 4.65 Å². The number of quaternary nitrogens is 1. The Bertz CT molecular complexity index is 642. The average Bonchev–Trinajstić information content (AvgIpc) is 2.56. The van der Waals surface area contributed by atoms with Crippen molar-refractivity contribution in [1.29, 1.82) is 0 Å². The van der Waals surface area contributed by atoms with Gasteiger partial charge in [0.05, 0.1) is 13.2 Å². The Morgan fingerprint density at radius 2 is 1.83 bits per heavy atom. The van der Waals surface area contributed by atoms with E-state index in [0.29, 0.717) is 4.65 Å². The summed E-state index contributed by atoms with van der Waals surface area (Å²) >= 11 is 0. The van der Waals surface area contributed by atoms with Crippen LogP contribution in [-0.2, 0) is 4.74 Å². The lowest BCUT2D eigenvalue weighted by Crippen LogP contribution is -2.57. The van der Waals surface area contributed by atoms with Gasteiger partial charge in [-0.3, -0.25) is 0 Å². The molecule has 1 aliphatic heterocycles. The second kappa shape index (κ2) is 7.16. The maximum atomic E-state index is 6.44. The molecule has 23 heavy (non-hydrogen) atoms. The van der Waals surface area contributed by atoms with Gasteiger partial charge in [0.1, 0.15) is 19.6 Å². The predicted molar refractivity (Wildman–Crippen MR) is 93.2 cm³/mol. The number of ether oxygens (including phenoxy) is 1. The van der Waals surface area contributed by atoms with Gasteiger partial charge in [-0.2, -0.15) is 0 Å². The third-order valence-electron chi connectivity index (χ3n) is 4.51. The van der Waals surface area contributed by atoms with Crippen LogP contribution in [0, 0.1) is 6.92 Å². The van der Waals surface area contributed by atoms with Crippen LogP contribution >= 0.6 is 0 Å². The largest absolute Gasteiger partial charge is 0.369 e. The van der Waals surface area contributed by atoms with Crippen molar-refractivity contribution in [2.45, 2.75) is 20.3 Å². The second-order valence-electron chi connectivity index (χ2n) is 6.28. The molecule has 2 aromatic carbocycles. The molecule has 1 heterocycles. The molecule has 3 heteroatoms. The maximum Gasteiger partial charge on any atom is 0.190 e. The molecule has 1 fully saturated rings. The van der Waals surface area contributed by atoms with E-state index < -0.39 is 0 Å². The minimum Gasteiger partial charge on any atom is -0.369 e. The molecule has 0 aromatic heterocycles. The van der Waals surface area contributed by atoms with Crippen LogP contribution in [-0.4, -0.2) is 37.5 Å². The van der Waals surface area contributed by atoms with E-state index in [1.54, 1.807) is 0 Å². The fraction of sp³-hybridized carbons (Fsp3) is 0.400. The highest BCUT2D eigenvalue weighted by Gasteiger charge is 2.33. The fourth-order valence-electron chi connectivity index (χ4n) is 3.28. The smallest absolute Gasteiger partial charge is 0.190 e. The zero-order valence-electron chi connectivity index (χ0n) is 14.1. The van der Waals surface area contributed by atoms with E-state index in [-0.39, 0.29) is 0 Å². The summed E-state index contributed by atoms with van der Waals surface area (Å²) in [6.07, 6.45) is 1.11. The predicted octanol–water partition coefficient (Wildman–Crippen LogP) is 4.21. The van der Waals surface area contributed by atoms with Crippen molar-refractivity contribution in [2.75, 3.05) is 32.8 Å². The van der Waals surface area contributed by atoms with Crippen LogP contribution in [0.2, 0.25) is 0 Å². The molecule has 0 bridgehead atoms. The molecule has 0 amide bonds. The van der Waals surface area contributed by atoms with Crippen molar-refractivity contribution in [3.63, 3.8) is 0 Å². The Morgan fingerprint density at radius 1 is 1.04 bits per heavy atom. The summed E-state index contributed by atoms with van der Waals surface area (Å²) in [5.41, 5.74) is 3.76. The van der Waals surface area contributed by atoms with Gasteiger partial charge in [-0.25, -0.2) is 0 Å². The molecule has 122 valence electrons. The number of hydrogen-bond acceptors (Lipinski definition) is 2. The lowest BCUT2D eigenvalue weighted by molar-refractivity contribution is -1.08. The van der Waals surface area contributed by atoms with Gasteiger partial charge < -0.3 is 9.57 Å². The number of hydrogen-bond donors (Lipinski definition) is 0. The maximum absolute atomic E-state index is 6.44. The first-order chi connectivity index (χ1) is 11.2. The summed E-state index contributed by atoms with van der Waals surface area (Å²) in [7, 11) is 0. The summed E-state index contributed by atoms with van der Waals surface area (Å²) in [5.74, 6) is 0.945. The van der Waals surface area contributed by atoms with Gasteiger partial charge in [-0.05, 0) is 42.2 Å². The highest BCUT2D eigenvalue weighted by molar-refractivity contribution is 5.68. The Morgan fingerprint density at radius 3 is 2.57 bits per heavy atom. The Hall–Kier alpha value is -1.84. The lowest BCUT2D eigenvalue weighted by atomic mass is 10.0.